The second kappa shape index (κ2) is 8.56. The Hall–Kier alpha value is -3.31. The molecule has 1 aliphatic heterocycles. The first kappa shape index (κ1) is 21.5. The normalized spacial score (nSPS) is 13.2. The predicted octanol–water partition coefficient (Wildman–Crippen LogP) is 3.31. The fourth-order valence-corrected chi connectivity index (χ4v) is 4.66. The maximum atomic E-state index is 6.12. The van der Waals surface area contributed by atoms with Crippen LogP contribution in [-0.4, -0.2) is 49.6 Å². The highest BCUT2D eigenvalue weighted by Crippen LogP contribution is 2.44. The van der Waals surface area contributed by atoms with Gasteiger partial charge >= 0.3 is 0 Å². The van der Waals surface area contributed by atoms with Crippen LogP contribution in [0.5, 0.6) is 11.5 Å². The number of nitrogens with zero attached hydrogens (tertiary/aromatic N) is 5. The van der Waals surface area contributed by atoms with E-state index in [-0.39, 0.29) is 12.2 Å². The molecule has 0 bridgehead atoms. The van der Waals surface area contributed by atoms with E-state index >= 15 is 0 Å². The number of H-pyrrole nitrogens is 1. The minimum Gasteiger partial charge on any atom is -0.454 e. The molecule has 5 rings (SSSR count). The Labute approximate surface area is 195 Å². The van der Waals surface area contributed by atoms with Crippen molar-refractivity contribution in [2.75, 3.05) is 25.6 Å². The summed E-state index contributed by atoms with van der Waals surface area (Å²) in [5.74, 6) is 1.77. The van der Waals surface area contributed by atoms with Crippen molar-refractivity contribution in [1.82, 2.24) is 35.0 Å². The molecule has 0 spiro atoms. The van der Waals surface area contributed by atoms with Gasteiger partial charge in [-0.3, -0.25) is 5.10 Å². The van der Waals surface area contributed by atoms with Gasteiger partial charge in [0.1, 0.15) is 6.33 Å². The van der Waals surface area contributed by atoms with Gasteiger partial charge in [0.15, 0.2) is 33.6 Å². The highest BCUT2D eigenvalue weighted by molar-refractivity contribution is 7.99. The van der Waals surface area contributed by atoms with E-state index in [2.05, 4.69) is 50.8 Å². The summed E-state index contributed by atoms with van der Waals surface area (Å²) in [7, 11) is 0. The third-order valence-corrected chi connectivity index (χ3v) is 6.21. The molecule has 4 N–H and O–H groups in total. The molecule has 4 aromatic rings. The SMILES string of the molecule is CC(C)(C)CNCCn1c(Sc2cc3c(cc2-c2ccn[nH]2)OCO3)nc2c(N)ncnc21. The summed E-state index contributed by atoms with van der Waals surface area (Å²) in [6.45, 7) is 9.20. The van der Waals surface area contributed by atoms with Crippen molar-refractivity contribution in [3.63, 3.8) is 0 Å². The van der Waals surface area contributed by atoms with E-state index in [0.717, 1.165) is 34.4 Å². The van der Waals surface area contributed by atoms with Crippen LogP contribution >= 0.6 is 11.8 Å². The lowest BCUT2D eigenvalue weighted by atomic mass is 9.97. The van der Waals surface area contributed by atoms with Gasteiger partial charge < -0.3 is 25.1 Å². The Balaban J connectivity index is 1.52. The number of rotatable bonds is 7. The number of nitrogen functional groups attached to an aromatic ring is 1. The lowest BCUT2D eigenvalue weighted by Gasteiger charge is -2.19. The fourth-order valence-electron chi connectivity index (χ4n) is 3.59. The molecule has 4 heterocycles. The van der Waals surface area contributed by atoms with Crippen molar-refractivity contribution in [3.8, 4) is 22.8 Å². The first-order valence-corrected chi connectivity index (χ1v) is 11.5. The molecule has 11 heteroatoms. The van der Waals surface area contributed by atoms with E-state index < -0.39 is 0 Å². The Kier molecular flexibility index (Phi) is 5.59. The lowest BCUT2D eigenvalue weighted by Crippen LogP contribution is -2.29. The summed E-state index contributed by atoms with van der Waals surface area (Å²) in [4.78, 5) is 14.3. The van der Waals surface area contributed by atoms with Crippen LogP contribution in [0.25, 0.3) is 22.4 Å². The Morgan fingerprint density at radius 3 is 2.79 bits per heavy atom. The average Bonchev–Trinajstić information content (AvgIpc) is 3.51. The van der Waals surface area contributed by atoms with Gasteiger partial charge in [-0.15, -0.1) is 0 Å². The van der Waals surface area contributed by atoms with E-state index in [0.29, 0.717) is 35.0 Å². The third-order valence-electron chi connectivity index (χ3n) is 5.16. The highest BCUT2D eigenvalue weighted by atomic mass is 32.2. The standard InChI is InChI=1S/C22H26N8O2S/c1-22(2,3)10-24-6-7-30-20-18(19(23)25-11-26-20)28-21(30)33-17-9-16-15(31-12-32-16)8-13(17)14-4-5-27-29-14/h4-5,8-9,11,24H,6-7,10,12H2,1-3H3,(H,27,29)(H2,23,25,26). The number of hydrogen-bond donors (Lipinski definition) is 3. The largest absolute Gasteiger partial charge is 0.454 e. The first-order chi connectivity index (χ1) is 15.9. The van der Waals surface area contributed by atoms with Crippen molar-refractivity contribution in [1.29, 1.82) is 0 Å². The van der Waals surface area contributed by atoms with Crippen molar-refractivity contribution >= 4 is 28.7 Å². The Morgan fingerprint density at radius 1 is 1.21 bits per heavy atom. The van der Waals surface area contributed by atoms with Gasteiger partial charge in [0.25, 0.3) is 0 Å². The van der Waals surface area contributed by atoms with Gasteiger partial charge in [-0.2, -0.15) is 5.10 Å². The quantitative estimate of drug-likeness (QED) is 0.351. The number of fused-ring (bicyclic) bond motifs is 2. The number of benzene rings is 1. The molecular formula is C22H26N8O2S. The monoisotopic (exact) mass is 466 g/mol. The third kappa shape index (κ3) is 4.46. The molecule has 33 heavy (non-hydrogen) atoms. The molecule has 172 valence electrons. The zero-order chi connectivity index (χ0) is 23.0. The summed E-state index contributed by atoms with van der Waals surface area (Å²) in [5.41, 5.74) is 9.46. The molecule has 0 saturated carbocycles. The van der Waals surface area contributed by atoms with E-state index in [1.165, 1.54) is 18.1 Å². The summed E-state index contributed by atoms with van der Waals surface area (Å²) < 4.78 is 13.3. The smallest absolute Gasteiger partial charge is 0.231 e. The molecule has 0 radical (unpaired) electrons. The number of aromatic amines is 1. The van der Waals surface area contributed by atoms with Gasteiger partial charge in [0.05, 0.1) is 5.69 Å². The maximum absolute atomic E-state index is 6.12. The average molecular weight is 467 g/mol. The number of imidazole rings is 1. The van der Waals surface area contributed by atoms with Crippen LogP contribution in [0.15, 0.2) is 40.8 Å². The highest BCUT2D eigenvalue weighted by Gasteiger charge is 2.22. The maximum Gasteiger partial charge on any atom is 0.231 e. The molecule has 1 aromatic carbocycles. The van der Waals surface area contributed by atoms with Gasteiger partial charge in [-0.25, -0.2) is 15.0 Å². The van der Waals surface area contributed by atoms with Crippen LogP contribution in [0.3, 0.4) is 0 Å². The number of nitrogens with two attached hydrogens (primary N) is 1. The molecule has 1 aliphatic rings. The van der Waals surface area contributed by atoms with Crippen LogP contribution in [0.4, 0.5) is 5.82 Å². The van der Waals surface area contributed by atoms with Crippen LogP contribution in [0, 0.1) is 5.41 Å². The van der Waals surface area contributed by atoms with Gasteiger partial charge in [0, 0.05) is 36.3 Å². The molecule has 3 aromatic heterocycles. The lowest BCUT2D eigenvalue weighted by molar-refractivity contribution is 0.174. The van der Waals surface area contributed by atoms with E-state index in [4.69, 9.17) is 20.2 Å². The van der Waals surface area contributed by atoms with Crippen LogP contribution in [-0.2, 0) is 6.54 Å². The summed E-state index contributed by atoms with van der Waals surface area (Å²) in [6.07, 6.45) is 3.20. The zero-order valence-corrected chi connectivity index (χ0v) is 19.6. The minimum absolute atomic E-state index is 0.201. The van der Waals surface area contributed by atoms with Crippen LogP contribution in [0.2, 0.25) is 0 Å². The van der Waals surface area contributed by atoms with E-state index in [1.54, 1.807) is 6.20 Å². The molecule has 0 fully saturated rings. The molecule has 10 nitrogen and oxygen atoms in total. The van der Waals surface area contributed by atoms with Crippen molar-refractivity contribution in [2.45, 2.75) is 37.4 Å². The molecule has 0 unspecified atom stereocenters. The minimum atomic E-state index is 0.201. The van der Waals surface area contributed by atoms with Crippen molar-refractivity contribution in [3.05, 3.63) is 30.7 Å². The fraction of sp³-hybridized carbons (Fsp3) is 0.364. The topological polar surface area (TPSA) is 129 Å². The summed E-state index contributed by atoms with van der Waals surface area (Å²) in [6, 6.07) is 5.86. The number of anilines is 1. The van der Waals surface area contributed by atoms with E-state index in [9.17, 15) is 0 Å². The van der Waals surface area contributed by atoms with E-state index in [1.807, 2.05) is 18.2 Å². The van der Waals surface area contributed by atoms with Crippen LogP contribution in [0.1, 0.15) is 20.8 Å². The van der Waals surface area contributed by atoms with Crippen molar-refractivity contribution in [2.24, 2.45) is 5.41 Å². The number of hydrogen-bond acceptors (Lipinski definition) is 9. The Bertz CT molecular complexity index is 1280. The van der Waals surface area contributed by atoms with Crippen LogP contribution < -0.4 is 20.5 Å². The predicted molar refractivity (Wildman–Crippen MR) is 126 cm³/mol. The Morgan fingerprint density at radius 2 is 2.03 bits per heavy atom. The second-order valence-electron chi connectivity index (χ2n) is 8.99. The molecule has 0 aliphatic carbocycles. The van der Waals surface area contributed by atoms with Gasteiger partial charge in [-0.1, -0.05) is 32.5 Å². The number of aromatic nitrogens is 6. The number of nitrogens with one attached hydrogen (secondary N) is 2. The van der Waals surface area contributed by atoms with Crippen molar-refractivity contribution < 1.29 is 9.47 Å². The van der Waals surface area contributed by atoms with Gasteiger partial charge in [-0.05, 0) is 23.6 Å². The molecule has 0 amide bonds. The molecule has 0 atom stereocenters. The summed E-state index contributed by atoms with van der Waals surface area (Å²) >= 11 is 1.52. The zero-order valence-electron chi connectivity index (χ0n) is 18.8. The molecular weight excluding hydrogens is 440 g/mol. The van der Waals surface area contributed by atoms with Gasteiger partial charge in [0.2, 0.25) is 6.79 Å². The first-order valence-electron chi connectivity index (χ1n) is 10.7. The second-order valence-corrected chi connectivity index (χ2v) is 10.00. The number of ether oxygens (including phenoxy) is 2. The molecule has 0 saturated heterocycles. The summed E-state index contributed by atoms with van der Waals surface area (Å²) in [5, 5.41) is 11.4.